The summed E-state index contributed by atoms with van der Waals surface area (Å²) in [6, 6.07) is 17.1. The molecule has 0 bridgehead atoms. The molecular formula is C20H26N2O. The molecule has 0 amide bonds. The topological polar surface area (TPSA) is 47.3 Å². The summed E-state index contributed by atoms with van der Waals surface area (Å²) in [4.78, 5) is 0. The third kappa shape index (κ3) is 4.12. The summed E-state index contributed by atoms with van der Waals surface area (Å²) in [7, 11) is 1.72. The Bertz CT molecular complexity index is 613. The largest absolute Gasteiger partial charge is 0.383 e. The lowest BCUT2D eigenvalue weighted by Crippen LogP contribution is -2.43. The number of ether oxygens (including phenoxy) is 1. The Morgan fingerprint density at radius 1 is 0.957 bits per heavy atom. The van der Waals surface area contributed by atoms with Gasteiger partial charge in [-0.25, -0.2) is 0 Å². The molecule has 23 heavy (non-hydrogen) atoms. The monoisotopic (exact) mass is 310 g/mol. The Labute approximate surface area is 138 Å². The standard InChI is InChI=1S/C20H26N2O/c1-23-14-16-4-6-17(7-5-16)18-8-10-19(11-9-18)22-15-20(21)12-2-3-13-20/h4-11,22H,2-3,12-15,21H2,1H3. The highest BCUT2D eigenvalue weighted by molar-refractivity contribution is 5.66. The van der Waals surface area contributed by atoms with Crippen molar-refractivity contribution in [2.24, 2.45) is 5.73 Å². The van der Waals surface area contributed by atoms with Gasteiger partial charge in [0.05, 0.1) is 6.61 Å². The molecule has 0 radical (unpaired) electrons. The Morgan fingerprint density at radius 3 is 2.09 bits per heavy atom. The van der Waals surface area contributed by atoms with Gasteiger partial charge in [-0.15, -0.1) is 0 Å². The summed E-state index contributed by atoms with van der Waals surface area (Å²) in [5, 5.41) is 3.49. The van der Waals surface area contributed by atoms with E-state index in [-0.39, 0.29) is 5.54 Å². The second kappa shape index (κ2) is 7.16. The van der Waals surface area contributed by atoms with Crippen LogP contribution >= 0.6 is 0 Å². The van der Waals surface area contributed by atoms with Gasteiger partial charge < -0.3 is 15.8 Å². The van der Waals surface area contributed by atoms with Crippen LogP contribution in [0.4, 0.5) is 5.69 Å². The lowest BCUT2D eigenvalue weighted by molar-refractivity contribution is 0.185. The molecule has 0 spiro atoms. The molecule has 2 aromatic rings. The summed E-state index contributed by atoms with van der Waals surface area (Å²) in [6.07, 6.45) is 4.78. The maximum atomic E-state index is 6.39. The molecule has 2 aromatic carbocycles. The van der Waals surface area contributed by atoms with Gasteiger partial charge in [-0.1, -0.05) is 49.2 Å². The smallest absolute Gasteiger partial charge is 0.0713 e. The molecule has 3 heteroatoms. The van der Waals surface area contributed by atoms with E-state index in [0.29, 0.717) is 6.61 Å². The highest BCUT2D eigenvalue weighted by atomic mass is 16.5. The van der Waals surface area contributed by atoms with Crippen LogP contribution in [0, 0.1) is 0 Å². The SMILES string of the molecule is COCc1ccc(-c2ccc(NCC3(N)CCCC3)cc2)cc1. The first-order valence-electron chi connectivity index (χ1n) is 8.40. The fourth-order valence-electron chi connectivity index (χ4n) is 3.27. The van der Waals surface area contributed by atoms with Crippen LogP contribution in [0.1, 0.15) is 31.2 Å². The number of nitrogens with two attached hydrogens (primary N) is 1. The summed E-state index contributed by atoms with van der Waals surface area (Å²) in [5.74, 6) is 0. The summed E-state index contributed by atoms with van der Waals surface area (Å²) in [6.45, 7) is 1.52. The molecular weight excluding hydrogens is 284 g/mol. The Hall–Kier alpha value is -1.84. The molecule has 0 aromatic heterocycles. The van der Waals surface area contributed by atoms with Crippen LogP contribution in [0.15, 0.2) is 48.5 Å². The Kier molecular flexibility index (Phi) is 4.99. The van der Waals surface area contributed by atoms with E-state index in [1.54, 1.807) is 7.11 Å². The average Bonchev–Trinajstić information content (AvgIpc) is 3.02. The van der Waals surface area contributed by atoms with Crippen LogP contribution in [-0.2, 0) is 11.3 Å². The van der Waals surface area contributed by atoms with E-state index in [9.17, 15) is 0 Å². The van der Waals surface area contributed by atoms with Gasteiger partial charge in [0.25, 0.3) is 0 Å². The van der Waals surface area contributed by atoms with Gasteiger partial charge >= 0.3 is 0 Å². The van der Waals surface area contributed by atoms with E-state index in [0.717, 1.165) is 25.1 Å². The fraction of sp³-hybridized carbons (Fsp3) is 0.400. The van der Waals surface area contributed by atoms with Gasteiger partial charge in [0, 0.05) is 24.9 Å². The van der Waals surface area contributed by atoms with Crippen LogP contribution in [0.25, 0.3) is 11.1 Å². The zero-order valence-electron chi connectivity index (χ0n) is 13.8. The number of anilines is 1. The van der Waals surface area contributed by atoms with E-state index < -0.39 is 0 Å². The van der Waals surface area contributed by atoms with Crippen molar-refractivity contribution in [1.82, 2.24) is 0 Å². The minimum atomic E-state index is -0.0180. The zero-order valence-corrected chi connectivity index (χ0v) is 13.8. The molecule has 0 heterocycles. The quantitative estimate of drug-likeness (QED) is 0.841. The fourth-order valence-corrected chi connectivity index (χ4v) is 3.27. The highest BCUT2D eigenvalue weighted by Gasteiger charge is 2.28. The Morgan fingerprint density at radius 2 is 1.52 bits per heavy atom. The van der Waals surface area contributed by atoms with Crippen LogP contribution < -0.4 is 11.1 Å². The number of benzene rings is 2. The van der Waals surface area contributed by atoms with Gasteiger partial charge in [0.15, 0.2) is 0 Å². The molecule has 1 aliphatic carbocycles. The van der Waals surface area contributed by atoms with E-state index >= 15 is 0 Å². The molecule has 0 atom stereocenters. The molecule has 0 aliphatic heterocycles. The molecule has 1 aliphatic rings. The van der Waals surface area contributed by atoms with Crippen LogP contribution in [0.2, 0.25) is 0 Å². The number of rotatable bonds is 6. The third-order valence-electron chi connectivity index (χ3n) is 4.73. The van der Waals surface area contributed by atoms with Gasteiger partial charge in [0.2, 0.25) is 0 Å². The second-order valence-corrected chi connectivity index (χ2v) is 6.63. The molecule has 1 saturated carbocycles. The van der Waals surface area contributed by atoms with Crippen molar-refractivity contribution in [1.29, 1.82) is 0 Å². The van der Waals surface area contributed by atoms with Crippen molar-refractivity contribution in [3.05, 3.63) is 54.1 Å². The summed E-state index contributed by atoms with van der Waals surface area (Å²) < 4.78 is 5.15. The second-order valence-electron chi connectivity index (χ2n) is 6.63. The molecule has 3 N–H and O–H groups in total. The minimum absolute atomic E-state index is 0.0180. The first kappa shape index (κ1) is 16.0. The molecule has 122 valence electrons. The van der Waals surface area contributed by atoms with E-state index in [1.165, 1.54) is 29.5 Å². The lowest BCUT2D eigenvalue weighted by atomic mass is 9.99. The highest BCUT2D eigenvalue weighted by Crippen LogP contribution is 2.28. The number of hydrogen-bond acceptors (Lipinski definition) is 3. The minimum Gasteiger partial charge on any atom is -0.383 e. The normalized spacial score (nSPS) is 16.4. The van der Waals surface area contributed by atoms with Crippen LogP contribution in [0.3, 0.4) is 0 Å². The maximum absolute atomic E-state index is 6.39. The first-order chi connectivity index (χ1) is 11.2. The lowest BCUT2D eigenvalue weighted by Gasteiger charge is -2.24. The third-order valence-corrected chi connectivity index (χ3v) is 4.73. The van der Waals surface area contributed by atoms with Crippen molar-refractivity contribution in [3.8, 4) is 11.1 Å². The van der Waals surface area contributed by atoms with Crippen molar-refractivity contribution in [3.63, 3.8) is 0 Å². The molecule has 0 saturated heterocycles. The predicted octanol–water partition coefficient (Wildman–Crippen LogP) is 4.18. The average molecular weight is 310 g/mol. The molecule has 3 nitrogen and oxygen atoms in total. The van der Waals surface area contributed by atoms with E-state index in [2.05, 4.69) is 53.8 Å². The van der Waals surface area contributed by atoms with E-state index in [1.807, 2.05) is 0 Å². The zero-order chi connectivity index (χ0) is 16.1. The van der Waals surface area contributed by atoms with E-state index in [4.69, 9.17) is 10.5 Å². The maximum Gasteiger partial charge on any atom is 0.0713 e. The van der Waals surface area contributed by atoms with Crippen LogP contribution in [0.5, 0.6) is 0 Å². The van der Waals surface area contributed by atoms with Crippen molar-refractivity contribution in [2.75, 3.05) is 19.0 Å². The van der Waals surface area contributed by atoms with Gasteiger partial charge in [-0.05, 0) is 41.7 Å². The molecule has 0 unspecified atom stereocenters. The summed E-state index contributed by atoms with van der Waals surface area (Å²) in [5.41, 5.74) is 11.2. The Balaban J connectivity index is 1.62. The van der Waals surface area contributed by atoms with Gasteiger partial charge in [-0.3, -0.25) is 0 Å². The van der Waals surface area contributed by atoms with Crippen LogP contribution in [-0.4, -0.2) is 19.2 Å². The number of methoxy groups -OCH3 is 1. The van der Waals surface area contributed by atoms with Crippen molar-refractivity contribution >= 4 is 5.69 Å². The molecule has 3 rings (SSSR count). The number of hydrogen-bond donors (Lipinski definition) is 2. The molecule has 1 fully saturated rings. The van der Waals surface area contributed by atoms with Crippen molar-refractivity contribution < 1.29 is 4.74 Å². The summed E-state index contributed by atoms with van der Waals surface area (Å²) >= 11 is 0. The van der Waals surface area contributed by atoms with Gasteiger partial charge in [0.1, 0.15) is 0 Å². The predicted molar refractivity (Wildman–Crippen MR) is 96.5 cm³/mol. The first-order valence-corrected chi connectivity index (χ1v) is 8.40. The number of nitrogens with one attached hydrogen (secondary N) is 1. The van der Waals surface area contributed by atoms with Gasteiger partial charge in [-0.2, -0.15) is 0 Å². The van der Waals surface area contributed by atoms with Crippen molar-refractivity contribution in [2.45, 2.75) is 37.8 Å².